The first-order valence-electron chi connectivity index (χ1n) is 9.72. The molecule has 0 unspecified atom stereocenters. The van der Waals surface area contributed by atoms with Gasteiger partial charge in [-0.2, -0.15) is 5.10 Å². The predicted octanol–water partition coefficient (Wildman–Crippen LogP) is 3.98. The molecule has 1 aromatic heterocycles. The van der Waals surface area contributed by atoms with Crippen LogP contribution in [0.4, 0.5) is 5.82 Å². The molecule has 0 spiro atoms. The molecule has 154 valence electrons. The fraction of sp³-hybridized carbons (Fsp3) is 0.217. The number of benzene rings is 2. The van der Waals surface area contributed by atoms with E-state index >= 15 is 0 Å². The molecule has 0 fully saturated rings. The fourth-order valence-corrected chi connectivity index (χ4v) is 2.81. The maximum Gasteiger partial charge on any atom is 0.325 e. The van der Waals surface area contributed by atoms with Gasteiger partial charge in [-0.25, -0.2) is 9.67 Å². The second-order valence-corrected chi connectivity index (χ2v) is 6.26. The number of hydrogen-bond acceptors (Lipinski definition) is 6. The molecule has 7 nitrogen and oxygen atoms in total. The Morgan fingerprint density at radius 1 is 0.967 bits per heavy atom. The Labute approximate surface area is 175 Å². The van der Waals surface area contributed by atoms with Gasteiger partial charge in [0.1, 0.15) is 0 Å². The van der Waals surface area contributed by atoms with Crippen molar-refractivity contribution in [3.8, 4) is 16.9 Å². The summed E-state index contributed by atoms with van der Waals surface area (Å²) in [7, 11) is 0. The molecule has 0 radical (unpaired) electrons. The topological polar surface area (TPSA) is 82.8 Å². The Bertz CT molecular complexity index is 995. The van der Waals surface area contributed by atoms with E-state index in [2.05, 4.69) is 10.1 Å². The predicted molar refractivity (Wildman–Crippen MR) is 114 cm³/mol. The molecule has 3 rings (SSSR count). The van der Waals surface area contributed by atoms with E-state index in [0.717, 1.165) is 16.9 Å². The molecule has 0 aliphatic rings. The van der Waals surface area contributed by atoms with E-state index in [9.17, 15) is 9.59 Å². The summed E-state index contributed by atoms with van der Waals surface area (Å²) in [5, 5.41) is 4.66. The highest BCUT2D eigenvalue weighted by molar-refractivity contribution is 6.09. The van der Waals surface area contributed by atoms with E-state index in [4.69, 9.17) is 9.47 Å². The Hall–Kier alpha value is -3.74. The first-order valence-corrected chi connectivity index (χ1v) is 9.72. The van der Waals surface area contributed by atoms with Gasteiger partial charge in [0, 0.05) is 17.8 Å². The zero-order chi connectivity index (χ0) is 21.3. The van der Waals surface area contributed by atoms with Crippen LogP contribution in [0.15, 0.2) is 71.7 Å². The number of para-hydroxylation sites is 1. The number of aliphatic imine (C=N–C) groups is 1. The summed E-state index contributed by atoms with van der Waals surface area (Å²) in [6, 6.07) is 21.0. The first-order chi connectivity index (χ1) is 14.6. The van der Waals surface area contributed by atoms with Gasteiger partial charge < -0.3 is 9.47 Å². The quantitative estimate of drug-likeness (QED) is 0.322. The van der Waals surface area contributed by atoms with Gasteiger partial charge in [-0.15, -0.1) is 0 Å². The Morgan fingerprint density at radius 3 is 2.10 bits per heavy atom. The summed E-state index contributed by atoms with van der Waals surface area (Å²) in [4.78, 5) is 28.9. The first kappa shape index (κ1) is 21.0. The lowest BCUT2D eigenvalue weighted by Gasteiger charge is -2.10. The van der Waals surface area contributed by atoms with Crippen molar-refractivity contribution in [3.63, 3.8) is 0 Å². The lowest BCUT2D eigenvalue weighted by molar-refractivity contribution is -0.157. The number of ether oxygens (including phenoxy) is 2. The Kier molecular flexibility index (Phi) is 7.10. The smallest absolute Gasteiger partial charge is 0.325 e. The van der Waals surface area contributed by atoms with Crippen LogP contribution in [0.1, 0.15) is 13.8 Å². The molecule has 0 aliphatic carbocycles. The zero-order valence-corrected chi connectivity index (χ0v) is 16.9. The SMILES string of the molecule is CCOC(=O)C(C=Nc1cc(-c2ccccc2)nn1-c1ccccc1)C(=O)OCC. The van der Waals surface area contributed by atoms with Crippen LogP contribution >= 0.6 is 0 Å². The second kappa shape index (κ2) is 10.2. The molecule has 0 amide bonds. The largest absolute Gasteiger partial charge is 0.465 e. The number of carbonyl (C=O) groups is 2. The minimum absolute atomic E-state index is 0.155. The van der Waals surface area contributed by atoms with E-state index in [-0.39, 0.29) is 13.2 Å². The Morgan fingerprint density at radius 2 is 1.53 bits per heavy atom. The molecule has 0 saturated carbocycles. The molecule has 0 atom stereocenters. The van der Waals surface area contributed by atoms with Gasteiger partial charge in [-0.3, -0.25) is 9.59 Å². The third-order valence-electron chi connectivity index (χ3n) is 4.20. The van der Waals surface area contributed by atoms with Crippen LogP contribution in [-0.4, -0.2) is 41.1 Å². The van der Waals surface area contributed by atoms with Crippen molar-refractivity contribution in [2.75, 3.05) is 13.2 Å². The van der Waals surface area contributed by atoms with E-state index < -0.39 is 17.9 Å². The number of aromatic nitrogens is 2. The molecule has 1 heterocycles. The molecule has 0 aliphatic heterocycles. The van der Waals surface area contributed by atoms with Crippen LogP contribution in [0.3, 0.4) is 0 Å². The van der Waals surface area contributed by atoms with Crippen molar-refractivity contribution in [1.82, 2.24) is 9.78 Å². The number of esters is 2. The standard InChI is InChI=1S/C23H23N3O4/c1-3-29-22(27)19(23(28)30-4-2)16-24-21-15-20(17-11-7-5-8-12-17)25-26(21)18-13-9-6-10-14-18/h5-16,19H,3-4H2,1-2H3. The zero-order valence-electron chi connectivity index (χ0n) is 16.9. The van der Waals surface area contributed by atoms with Crippen molar-refractivity contribution in [3.05, 3.63) is 66.7 Å². The third kappa shape index (κ3) is 5.00. The highest BCUT2D eigenvalue weighted by Gasteiger charge is 2.28. The average Bonchev–Trinajstić information content (AvgIpc) is 3.20. The van der Waals surface area contributed by atoms with Crippen LogP contribution in [0.25, 0.3) is 16.9 Å². The number of rotatable bonds is 8. The van der Waals surface area contributed by atoms with Crippen molar-refractivity contribution in [1.29, 1.82) is 0 Å². The minimum atomic E-state index is -1.25. The van der Waals surface area contributed by atoms with Crippen molar-refractivity contribution < 1.29 is 19.1 Å². The summed E-state index contributed by atoms with van der Waals surface area (Å²) < 4.78 is 11.7. The Balaban J connectivity index is 2.01. The molecule has 3 aromatic rings. The molecule has 2 aromatic carbocycles. The molecular formula is C23H23N3O4. The van der Waals surface area contributed by atoms with Crippen molar-refractivity contribution in [2.24, 2.45) is 10.9 Å². The monoisotopic (exact) mass is 405 g/mol. The molecule has 7 heteroatoms. The molecular weight excluding hydrogens is 382 g/mol. The molecule has 0 saturated heterocycles. The van der Waals surface area contributed by atoms with Gasteiger partial charge >= 0.3 is 11.9 Å². The third-order valence-corrected chi connectivity index (χ3v) is 4.20. The normalized spacial score (nSPS) is 11.0. The van der Waals surface area contributed by atoms with Gasteiger partial charge in [0.2, 0.25) is 0 Å². The average molecular weight is 405 g/mol. The molecule has 0 bridgehead atoms. The van der Waals surface area contributed by atoms with Gasteiger partial charge in [0.15, 0.2) is 11.7 Å². The molecule has 30 heavy (non-hydrogen) atoms. The second-order valence-electron chi connectivity index (χ2n) is 6.26. The van der Waals surface area contributed by atoms with E-state index in [0.29, 0.717) is 5.82 Å². The number of hydrogen-bond donors (Lipinski definition) is 0. The fourth-order valence-electron chi connectivity index (χ4n) is 2.81. The number of carbonyl (C=O) groups excluding carboxylic acids is 2. The summed E-state index contributed by atoms with van der Waals surface area (Å²) >= 11 is 0. The van der Waals surface area contributed by atoms with Gasteiger partial charge in [0.05, 0.1) is 24.6 Å². The number of nitrogens with zero attached hydrogens (tertiary/aromatic N) is 3. The van der Waals surface area contributed by atoms with Crippen LogP contribution in [0.5, 0.6) is 0 Å². The molecule has 0 N–H and O–H groups in total. The summed E-state index contributed by atoms with van der Waals surface area (Å²) in [6.45, 7) is 3.66. The maximum atomic E-state index is 12.2. The van der Waals surface area contributed by atoms with Gasteiger partial charge in [0.25, 0.3) is 0 Å². The van der Waals surface area contributed by atoms with Crippen molar-refractivity contribution in [2.45, 2.75) is 13.8 Å². The van der Waals surface area contributed by atoms with Gasteiger partial charge in [-0.1, -0.05) is 48.5 Å². The lowest BCUT2D eigenvalue weighted by Crippen LogP contribution is -2.29. The van der Waals surface area contributed by atoms with Crippen LogP contribution in [0.2, 0.25) is 0 Å². The summed E-state index contributed by atoms with van der Waals surface area (Å²) in [5.41, 5.74) is 2.45. The highest BCUT2D eigenvalue weighted by atomic mass is 16.6. The van der Waals surface area contributed by atoms with Crippen LogP contribution in [0, 0.1) is 5.92 Å². The summed E-state index contributed by atoms with van der Waals surface area (Å²) in [5.74, 6) is -2.18. The van der Waals surface area contributed by atoms with E-state index in [1.54, 1.807) is 24.6 Å². The summed E-state index contributed by atoms with van der Waals surface area (Å²) in [6.07, 6.45) is 1.25. The maximum absolute atomic E-state index is 12.2. The van der Waals surface area contributed by atoms with Gasteiger partial charge in [-0.05, 0) is 26.0 Å². The highest BCUT2D eigenvalue weighted by Crippen LogP contribution is 2.26. The lowest BCUT2D eigenvalue weighted by atomic mass is 10.1. The van der Waals surface area contributed by atoms with Crippen molar-refractivity contribution >= 4 is 24.0 Å². The minimum Gasteiger partial charge on any atom is -0.465 e. The van der Waals surface area contributed by atoms with E-state index in [1.807, 2.05) is 60.7 Å². The van der Waals surface area contributed by atoms with Crippen LogP contribution in [-0.2, 0) is 19.1 Å². The van der Waals surface area contributed by atoms with Crippen LogP contribution < -0.4 is 0 Å². The van der Waals surface area contributed by atoms with E-state index in [1.165, 1.54) is 6.21 Å².